The summed E-state index contributed by atoms with van der Waals surface area (Å²) >= 11 is 1.64. The standard InChI is InChI=1S/C14H14N4O2S/c1-2-4-10(13-5-3-8-21-13)16-14-7-6-12(18(19)20)11(9-15)17-14/h3,5-8,10H,2,4H2,1H3,(H,16,17). The van der Waals surface area contributed by atoms with Gasteiger partial charge in [-0.25, -0.2) is 4.98 Å². The van der Waals surface area contributed by atoms with Gasteiger partial charge in [-0.1, -0.05) is 19.4 Å². The lowest BCUT2D eigenvalue weighted by molar-refractivity contribution is -0.385. The first-order valence-corrected chi connectivity index (χ1v) is 7.39. The van der Waals surface area contributed by atoms with Crippen molar-refractivity contribution in [2.75, 3.05) is 5.32 Å². The highest BCUT2D eigenvalue weighted by molar-refractivity contribution is 7.10. The fraction of sp³-hybridized carbons (Fsp3) is 0.286. The van der Waals surface area contributed by atoms with E-state index in [1.807, 2.05) is 17.5 Å². The van der Waals surface area contributed by atoms with Crippen molar-refractivity contribution in [3.8, 4) is 6.07 Å². The van der Waals surface area contributed by atoms with Crippen molar-refractivity contribution in [1.82, 2.24) is 4.98 Å². The molecular weight excluding hydrogens is 288 g/mol. The average Bonchev–Trinajstić information content (AvgIpc) is 3.00. The molecule has 21 heavy (non-hydrogen) atoms. The van der Waals surface area contributed by atoms with E-state index in [0.717, 1.165) is 12.8 Å². The van der Waals surface area contributed by atoms with Crippen molar-refractivity contribution in [2.24, 2.45) is 0 Å². The zero-order valence-corrected chi connectivity index (χ0v) is 12.3. The maximum absolute atomic E-state index is 10.8. The Morgan fingerprint density at radius 2 is 2.33 bits per heavy atom. The van der Waals surface area contributed by atoms with Gasteiger partial charge in [0.1, 0.15) is 11.9 Å². The lowest BCUT2D eigenvalue weighted by Crippen LogP contribution is -2.11. The first-order valence-electron chi connectivity index (χ1n) is 6.51. The molecule has 1 N–H and O–H groups in total. The minimum absolute atomic E-state index is 0.0931. The van der Waals surface area contributed by atoms with E-state index in [2.05, 4.69) is 17.2 Å². The molecule has 2 aromatic heterocycles. The molecule has 2 rings (SSSR count). The van der Waals surface area contributed by atoms with Gasteiger partial charge < -0.3 is 5.32 Å². The Morgan fingerprint density at radius 3 is 2.90 bits per heavy atom. The number of hydrogen-bond acceptors (Lipinski definition) is 6. The average molecular weight is 302 g/mol. The van der Waals surface area contributed by atoms with Crippen LogP contribution in [0.25, 0.3) is 0 Å². The van der Waals surface area contributed by atoms with E-state index in [1.54, 1.807) is 17.4 Å². The second kappa shape index (κ2) is 6.81. The SMILES string of the molecule is CCCC(Nc1ccc([N+](=O)[O-])c(C#N)n1)c1cccs1. The molecule has 0 aliphatic rings. The normalized spacial score (nSPS) is 11.6. The summed E-state index contributed by atoms with van der Waals surface area (Å²) in [6.07, 6.45) is 1.91. The molecule has 2 aromatic rings. The van der Waals surface area contributed by atoms with Gasteiger partial charge in [0.05, 0.1) is 11.0 Å². The van der Waals surface area contributed by atoms with Gasteiger partial charge in [-0.15, -0.1) is 11.3 Å². The molecule has 0 saturated heterocycles. The van der Waals surface area contributed by atoms with Crippen LogP contribution in [0.5, 0.6) is 0 Å². The molecule has 0 aliphatic carbocycles. The predicted octanol–water partition coefficient (Wildman–Crippen LogP) is 3.88. The molecule has 1 atom stereocenters. The Morgan fingerprint density at radius 1 is 1.52 bits per heavy atom. The Bertz CT molecular complexity index is 664. The maximum atomic E-state index is 10.8. The highest BCUT2D eigenvalue weighted by Gasteiger charge is 2.18. The van der Waals surface area contributed by atoms with Gasteiger partial charge in [-0.2, -0.15) is 5.26 Å². The van der Waals surface area contributed by atoms with Crippen LogP contribution in [0.15, 0.2) is 29.6 Å². The summed E-state index contributed by atoms with van der Waals surface area (Å²) in [6.45, 7) is 2.09. The van der Waals surface area contributed by atoms with Crippen molar-refractivity contribution in [1.29, 1.82) is 5.26 Å². The third kappa shape index (κ3) is 3.55. The smallest absolute Gasteiger partial charge is 0.305 e. The molecule has 0 amide bonds. The predicted molar refractivity (Wildman–Crippen MR) is 81.2 cm³/mol. The number of nitrogens with zero attached hydrogens (tertiary/aromatic N) is 3. The lowest BCUT2D eigenvalue weighted by Gasteiger charge is -2.17. The van der Waals surface area contributed by atoms with Gasteiger partial charge in [-0.3, -0.25) is 10.1 Å². The summed E-state index contributed by atoms with van der Waals surface area (Å²) in [7, 11) is 0. The van der Waals surface area contributed by atoms with E-state index in [9.17, 15) is 10.1 Å². The molecule has 0 saturated carbocycles. The van der Waals surface area contributed by atoms with Crippen LogP contribution in [-0.4, -0.2) is 9.91 Å². The molecule has 0 bridgehead atoms. The summed E-state index contributed by atoms with van der Waals surface area (Å²) in [5.41, 5.74) is -0.447. The van der Waals surface area contributed by atoms with Gasteiger partial charge in [-0.05, 0) is 23.9 Å². The number of pyridine rings is 1. The van der Waals surface area contributed by atoms with Crippen molar-refractivity contribution in [3.05, 3.63) is 50.3 Å². The molecule has 0 aromatic carbocycles. The van der Waals surface area contributed by atoms with Crippen LogP contribution in [-0.2, 0) is 0 Å². The number of rotatable bonds is 6. The Balaban J connectivity index is 2.25. The van der Waals surface area contributed by atoms with Gasteiger partial charge >= 0.3 is 5.69 Å². The monoisotopic (exact) mass is 302 g/mol. The van der Waals surface area contributed by atoms with Crippen LogP contribution in [0.4, 0.5) is 11.5 Å². The summed E-state index contributed by atoms with van der Waals surface area (Å²) in [5, 5.41) is 25.0. The summed E-state index contributed by atoms with van der Waals surface area (Å²) < 4.78 is 0. The number of hydrogen-bond donors (Lipinski definition) is 1. The third-order valence-electron chi connectivity index (χ3n) is 2.96. The van der Waals surface area contributed by atoms with Gasteiger partial charge in [0.25, 0.3) is 0 Å². The van der Waals surface area contributed by atoms with E-state index in [-0.39, 0.29) is 17.4 Å². The Labute approximate surface area is 126 Å². The van der Waals surface area contributed by atoms with Gasteiger partial charge in [0.2, 0.25) is 5.69 Å². The minimum atomic E-state index is -0.599. The summed E-state index contributed by atoms with van der Waals surface area (Å²) in [5.74, 6) is 0.476. The first kappa shape index (κ1) is 14.9. The molecule has 108 valence electrons. The Hall–Kier alpha value is -2.46. The second-order valence-corrected chi connectivity index (χ2v) is 5.41. The highest BCUT2D eigenvalue weighted by Crippen LogP contribution is 2.28. The molecule has 1 unspecified atom stereocenters. The zero-order chi connectivity index (χ0) is 15.2. The number of nitriles is 1. The second-order valence-electron chi connectivity index (χ2n) is 4.43. The fourth-order valence-electron chi connectivity index (χ4n) is 2.00. The quantitative estimate of drug-likeness (QED) is 0.645. The molecule has 0 radical (unpaired) electrons. The number of thiophene rings is 1. The van der Waals surface area contributed by atoms with Crippen LogP contribution in [0.2, 0.25) is 0 Å². The van der Waals surface area contributed by atoms with Crippen molar-refractivity contribution < 1.29 is 4.92 Å². The Kier molecular flexibility index (Phi) is 4.85. The number of nitrogens with one attached hydrogen (secondary N) is 1. The van der Waals surface area contributed by atoms with Crippen molar-refractivity contribution >= 4 is 22.8 Å². The van der Waals surface area contributed by atoms with E-state index in [0.29, 0.717) is 5.82 Å². The van der Waals surface area contributed by atoms with Gasteiger partial charge in [0, 0.05) is 10.9 Å². The summed E-state index contributed by atoms with van der Waals surface area (Å²) in [4.78, 5) is 15.4. The van der Waals surface area contributed by atoms with Crippen LogP contribution >= 0.6 is 11.3 Å². The molecule has 7 heteroatoms. The molecule has 6 nitrogen and oxygen atoms in total. The maximum Gasteiger partial charge on any atom is 0.305 e. The van der Waals surface area contributed by atoms with Crippen molar-refractivity contribution in [3.63, 3.8) is 0 Å². The highest BCUT2D eigenvalue weighted by atomic mass is 32.1. The first-order chi connectivity index (χ1) is 10.2. The minimum Gasteiger partial charge on any atom is -0.362 e. The van der Waals surface area contributed by atoms with Crippen LogP contribution in [0.3, 0.4) is 0 Å². The topological polar surface area (TPSA) is 91.9 Å². The molecule has 0 fully saturated rings. The number of nitro groups is 1. The molecule has 0 spiro atoms. The van der Waals surface area contributed by atoms with Crippen molar-refractivity contribution in [2.45, 2.75) is 25.8 Å². The summed E-state index contributed by atoms with van der Waals surface area (Å²) in [6, 6.07) is 8.72. The fourth-order valence-corrected chi connectivity index (χ4v) is 2.82. The van der Waals surface area contributed by atoms with E-state index >= 15 is 0 Å². The van der Waals surface area contributed by atoms with E-state index in [4.69, 9.17) is 5.26 Å². The largest absolute Gasteiger partial charge is 0.362 e. The van der Waals surface area contributed by atoms with Crippen LogP contribution in [0, 0.1) is 21.4 Å². The molecular formula is C14H14N4O2S. The van der Waals surface area contributed by atoms with E-state index < -0.39 is 4.92 Å². The lowest BCUT2D eigenvalue weighted by atomic mass is 10.1. The molecule has 2 heterocycles. The number of anilines is 1. The number of aromatic nitrogens is 1. The van der Waals surface area contributed by atoms with Crippen LogP contribution in [0.1, 0.15) is 36.4 Å². The zero-order valence-electron chi connectivity index (χ0n) is 11.4. The third-order valence-corrected chi connectivity index (χ3v) is 3.95. The van der Waals surface area contributed by atoms with Gasteiger partial charge in [0.15, 0.2) is 0 Å². The van der Waals surface area contributed by atoms with E-state index in [1.165, 1.54) is 17.0 Å². The van der Waals surface area contributed by atoms with Crippen LogP contribution < -0.4 is 5.32 Å². The molecule has 0 aliphatic heterocycles.